The summed E-state index contributed by atoms with van der Waals surface area (Å²) < 4.78 is 5.17. The lowest BCUT2D eigenvalue weighted by molar-refractivity contribution is 0.179. The Morgan fingerprint density at radius 2 is 2.04 bits per heavy atom. The average molecular weight is 348 g/mol. The molecular formula is C19H33N5O. The van der Waals surface area contributed by atoms with Gasteiger partial charge in [-0.3, -0.25) is 0 Å². The number of ether oxygens (including phenoxy) is 1. The van der Waals surface area contributed by atoms with Crippen LogP contribution in [-0.2, 0) is 11.3 Å². The molecule has 2 N–H and O–H groups in total. The number of anilines is 1. The fourth-order valence-corrected chi connectivity index (χ4v) is 3.01. The largest absolute Gasteiger partial charge is 0.383 e. The fraction of sp³-hybridized carbons (Fsp3) is 0.684. The number of aromatic nitrogens is 1. The van der Waals surface area contributed by atoms with E-state index in [0.717, 1.165) is 37.0 Å². The van der Waals surface area contributed by atoms with Crippen molar-refractivity contribution in [2.45, 2.75) is 52.1 Å². The molecule has 1 fully saturated rings. The number of nitrogens with zero attached hydrogens (tertiary/aromatic N) is 3. The van der Waals surface area contributed by atoms with Crippen LogP contribution >= 0.6 is 0 Å². The third-order valence-electron chi connectivity index (χ3n) is 4.30. The summed E-state index contributed by atoms with van der Waals surface area (Å²) in [5, 5.41) is 6.61. The molecule has 1 aliphatic rings. The van der Waals surface area contributed by atoms with Gasteiger partial charge >= 0.3 is 0 Å². The zero-order valence-corrected chi connectivity index (χ0v) is 15.9. The molecule has 2 heterocycles. The molecule has 0 radical (unpaired) electrons. The van der Waals surface area contributed by atoms with Crippen LogP contribution in [0.15, 0.2) is 23.3 Å². The standard InChI is InChI=1S/C19H33N5O/c1-4-20-19(23-16(2)15-25-3)22-14-17-9-10-18(21-13-17)24-11-7-5-6-8-12-24/h9-10,13,16H,4-8,11-12,14-15H2,1-3H3,(H2,20,22,23). The highest BCUT2D eigenvalue weighted by atomic mass is 16.5. The van der Waals surface area contributed by atoms with E-state index in [-0.39, 0.29) is 6.04 Å². The molecule has 6 nitrogen and oxygen atoms in total. The second kappa shape index (κ2) is 10.9. The smallest absolute Gasteiger partial charge is 0.191 e. The van der Waals surface area contributed by atoms with Gasteiger partial charge in [0.05, 0.1) is 13.2 Å². The quantitative estimate of drug-likeness (QED) is 0.586. The summed E-state index contributed by atoms with van der Waals surface area (Å²) in [6.45, 7) is 8.48. The van der Waals surface area contributed by atoms with Crippen molar-refractivity contribution in [3.63, 3.8) is 0 Å². The van der Waals surface area contributed by atoms with Gasteiger partial charge < -0.3 is 20.3 Å². The average Bonchev–Trinajstić information content (AvgIpc) is 2.90. The van der Waals surface area contributed by atoms with Crippen LogP contribution in [0.1, 0.15) is 45.1 Å². The molecule has 0 spiro atoms. The first kappa shape index (κ1) is 19.5. The molecular weight excluding hydrogens is 314 g/mol. The van der Waals surface area contributed by atoms with Gasteiger partial charge in [0, 0.05) is 39.0 Å². The minimum Gasteiger partial charge on any atom is -0.383 e. The molecule has 1 aromatic heterocycles. The predicted octanol–water partition coefficient (Wildman–Crippen LogP) is 2.55. The molecule has 0 aliphatic carbocycles. The van der Waals surface area contributed by atoms with E-state index in [0.29, 0.717) is 13.2 Å². The van der Waals surface area contributed by atoms with Crippen LogP contribution in [0, 0.1) is 0 Å². The first-order chi connectivity index (χ1) is 12.2. The molecule has 1 saturated heterocycles. The zero-order chi connectivity index (χ0) is 17.9. The Hall–Kier alpha value is -1.82. The fourth-order valence-electron chi connectivity index (χ4n) is 3.01. The van der Waals surface area contributed by atoms with E-state index in [1.165, 1.54) is 25.7 Å². The van der Waals surface area contributed by atoms with Crippen molar-refractivity contribution in [3.05, 3.63) is 23.9 Å². The van der Waals surface area contributed by atoms with E-state index < -0.39 is 0 Å². The molecule has 0 saturated carbocycles. The summed E-state index contributed by atoms with van der Waals surface area (Å²) in [7, 11) is 1.71. The molecule has 0 amide bonds. The van der Waals surface area contributed by atoms with Crippen molar-refractivity contribution in [1.29, 1.82) is 0 Å². The number of nitrogens with one attached hydrogen (secondary N) is 2. The Labute approximate surface area is 152 Å². The van der Waals surface area contributed by atoms with Gasteiger partial charge in [-0.1, -0.05) is 18.9 Å². The van der Waals surface area contributed by atoms with Gasteiger partial charge in [-0.05, 0) is 38.3 Å². The van der Waals surface area contributed by atoms with Gasteiger partial charge in [-0.2, -0.15) is 0 Å². The maximum Gasteiger partial charge on any atom is 0.191 e. The van der Waals surface area contributed by atoms with Gasteiger partial charge in [-0.25, -0.2) is 9.98 Å². The number of pyridine rings is 1. The van der Waals surface area contributed by atoms with Crippen LogP contribution in [0.25, 0.3) is 0 Å². The van der Waals surface area contributed by atoms with E-state index in [2.05, 4.69) is 51.5 Å². The van der Waals surface area contributed by atoms with Gasteiger partial charge in [0.1, 0.15) is 5.82 Å². The van der Waals surface area contributed by atoms with E-state index in [4.69, 9.17) is 4.74 Å². The number of methoxy groups -OCH3 is 1. The predicted molar refractivity (Wildman–Crippen MR) is 104 cm³/mol. The van der Waals surface area contributed by atoms with E-state index in [9.17, 15) is 0 Å². The Morgan fingerprint density at radius 1 is 1.28 bits per heavy atom. The lowest BCUT2D eigenvalue weighted by Gasteiger charge is -2.21. The lowest BCUT2D eigenvalue weighted by Crippen LogP contribution is -2.43. The topological polar surface area (TPSA) is 61.8 Å². The van der Waals surface area contributed by atoms with Crippen LogP contribution in [0.4, 0.5) is 5.82 Å². The highest BCUT2D eigenvalue weighted by molar-refractivity contribution is 5.80. The maximum atomic E-state index is 5.17. The minimum absolute atomic E-state index is 0.214. The van der Waals surface area contributed by atoms with Gasteiger partial charge in [-0.15, -0.1) is 0 Å². The summed E-state index contributed by atoms with van der Waals surface area (Å²) in [4.78, 5) is 11.7. The summed E-state index contributed by atoms with van der Waals surface area (Å²) in [5.41, 5.74) is 1.12. The SMILES string of the molecule is CCNC(=NCc1ccc(N2CCCCCC2)nc1)NC(C)COC. The van der Waals surface area contributed by atoms with Crippen LogP contribution in [0.2, 0.25) is 0 Å². The van der Waals surface area contributed by atoms with Crippen molar-refractivity contribution in [2.75, 3.05) is 38.3 Å². The summed E-state index contributed by atoms with van der Waals surface area (Å²) in [6, 6.07) is 4.48. The molecule has 6 heteroatoms. The van der Waals surface area contributed by atoms with E-state index in [1.807, 2.05) is 6.20 Å². The third kappa shape index (κ3) is 6.90. The maximum absolute atomic E-state index is 5.17. The summed E-state index contributed by atoms with van der Waals surface area (Å²) in [6.07, 6.45) is 7.16. The van der Waals surface area contributed by atoms with Crippen LogP contribution < -0.4 is 15.5 Å². The zero-order valence-electron chi connectivity index (χ0n) is 15.9. The first-order valence-corrected chi connectivity index (χ1v) is 9.46. The van der Waals surface area contributed by atoms with E-state index in [1.54, 1.807) is 7.11 Å². The van der Waals surface area contributed by atoms with Crippen molar-refractivity contribution in [2.24, 2.45) is 4.99 Å². The molecule has 1 aromatic rings. The van der Waals surface area contributed by atoms with E-state index >= 15 is 0 Å². The molecule has 1 atom stereocenters. The molecule has 1 unspecified atom stereocenters. The molecule has 0 bridgehead atoms. The molecule has 1 aliphatic heterocycles. The van der Waals surface area contributed by atoms with Crippen molar-refractivity contribution >= 4 is 11.8 Å². The third-order valence-corrected chi connectivity index (χ3v) is 4.30. The monoisotopic (exact) mass is 347 g/mol. The normalized spacial score (nSPS) is 17.1. The molecule has 25 heavy (non-hydrogen) atoms. The number of rotatable bonds is 7. The molecule has 140 valence electrons. The Morgan fingerprint density at radius 3 is 2.64 bits per heavy atom. The Bertz CT molecular complexity index is 509. The highest BCUT2D eigenvalue weighted by Crippen LogP contribution is 2.17. The van der Waals surface area contributed by atoms with Crippen LogP contribution in [0.5, 0.6) is 0 Å². The van der Waals surface area contributed by atoms with Crippen molar-refractivity contribution in [1.82, 2.24) is 15.6 Å². The van der Waals surface area contributed by atoms with Gasteiger partial charge in [0.15, 0.2) is 5.96 Å². The summed E-state index contributed by atoms with van der Waals surface area (Å²) >= 11 is 0. The van der Waals surface area contributed by atoms with Gasteiger partial charge in [0.25, 0.3) is 0 Å². The highest BCUT2D eigenvalue weighted by Gasteiger charge is 2.10. The summed E-state index contributed by atoms with van der Waals surface area (Å²) in [5.74, 6) is 1.90. The van der Waals surface area contributed by atoms with Crippen LogP contribution in [0.3, 0.4) is 0 Å². The Balaban J connectivity index is 1.93. The molecule has 2 rings (SSSR count). The number of aliphatic imine (C=N–C) groups is 1. The van der Waals surface area contributed by atoms with Crippen molar-refractivity contribution < 1.29 is 4.74 Å². The van der Waals surface area contributed by atoms with Crippen molar-refractivity contribution in [3.8, 4) is 0 Å². The number of guanidine groups is 1. The van der Waals surface area contributed by atoms with Crippen LogP contribution in [-0.4, -0.2) is 50.3 Å². The minimum atomic E-state index is 0.214. The second-order valence-electron chi connectivity index (χ2n) is 6.62. The lowest BCUT2D eigenvalue weighted by atomic mass is 10.2. The van der Waals surface area contributed by atoms with Gasteiger partial charge in [0.2, 0.25) is 0 Å². The molecule has 0 aromatic carbocycles. The number of hydrogen-bond donors (Lipinski definition) is 2. The number of hydrogen-bond acceptors (Lipinski definition) is 4. The second-order valence-corrected chi connectivity index (χ2v) is 6.62. The Kier molecular flexibility index (Phi) is 8.52. The first-order valence-electron chi connectivity index (χ1n) is 9.46.